The van der Waals surface area contributed by atoms with Crippen LogP contribution in [-0.2, 0) is 10.2 Å². The van der Waals surface area contributed by atoms with Crippen molar-refractivity contribution in [2.45, 2.75) is 24.5 Å². The van der Waals surface area contributed by atoms with Crippen molar-refractivity contribution in [3.05, 3.63) is 60.0 Å². The van der Waals surface area contributed by atoms with Gasteiger partial charge in [0.2, 0.25) is 0 Å². The summed E-state index contributed by atoms with van der Waals surface area (Å²) < 4.78 is 10.7. The van der Waals surface area contributed by atoms with Crippen molar-refractivity contribution >= 4 is 23.2 Å². The van der Waals surface area contributed by atoms with Crippen molar-refractivity contribution in [3.8, 4) is 11.7 Å². The summed E-state index contributed by atoms with van der Waals surface area (Å²) >= 11 is 1.22. The fourth-order valence-corrected chi connectivity index (χ4v) is 3.94. The maximum absolute atomic E-state index is 12.6. The van der Waals surface area contributed by atoms with Crippen LogP contribution in [0.3, 0.4) is 0 Å². The van der Waals surface area contributed by atoms with E-state index in [-0.39, 0.29) is 17.0 Å². The summed E-state index contributed by atoms with van der Waals surface area (Å²) in [6, 6.07) is 11.7. The van der Waals surface area contributed by atoms with Crippen LogP contribution in [0.1, 0.15) is 19.4 Å². The van der Waals surface area contributed by atoms with E-state index in [4.69, 9.17) is 8.83 Å². The van der Waals surface area contributed by atoms with Crippen LogP contribution in [-0.4, -0.2) is 28.8 Å². The maximum Gasteiger partial charge on any atom is 0.284 e. The monoisotopic (exact) mass is 381 g/mol. The normalized spacial score (nSPS) is 16.7. The summed E-state index contributed by atoms with van der Waals surface area (Å²) in [4.78, 5) is 14.6. The quantitative estimate of drug-likeness (QED) is 0.482. The van der Waals surface area contributed by atoms with E-state index in [0.29, 0.717) is 16.9 Å². The topological polar surface area (TPSA) is 72.4 Å². The number of hydrogen-bond acceptors (Lipinski definition) is 7. The van der Waals surface area contributed by atoms with E-state index in [1.807, 2.05) is 19.2 Å². The summed E-state index contributed by atoms with van der Waals surface area (Å²) in [5, 5.41) is 8.23. The zero-order chi connectivity index (χ0) is 19.0. The SMILES string of the molecule is CN1/C(=C\C(=O)CSc2nnc(-c3ccco3)o2)C(C)(C)c2ccccc21. The lowest BCUT2D eigenvalue weighted by atomic mass is 9.83. The predicted molar refractivity (Wildman–Crippen MR) is 104 cm³/mol. The molecule has 2 aromatic heterocycles. The third-order valence-electron chi connectivity index (χ3n) is 4.71. The molecule has 0 radical (unpaired) electrons. The number of thioether (sulfide) groups is 1. The number of para-hydroxylation sites is 1. The Morgan fingerprint density at radius 3 is 2.78 bits per heavy atom. The van der Waals surface area contributed by atoms with Crippen molar-refractivity contribution in [1.82, 2.24) is 10.2 Å². The highest BCUT2D eigenvalue weighted by Gasteiger charge is 2.38. The molecule has 1 aliphatic heterocycles. The molecule has 1 aliphatic rings. The standard InChI is InChI=1S/C20H19N3O3S/c1-20(2)14-7-4-5-8-15(14)23(3)17(20)11-13(24)12-27-19-22-21-18(26-19)16-9-6-10-25-16/h4-11H,12H2,1-3H3/b17-11-. The number of anilines is 1. The van der Waals surface area contributed by atoms with E-state index < -0.39 is 0 Å². The molecule has 0 saturated carbocycles. The Balaban J connectivity index is 1.47. The highest BCUT2D eigenvalue weighted by atomic mass is 32.2. The third kappa shape index (κ3) is 3.19. The highest BCUT2D eigenvalue weighted by Crippen LogP contribution is 2.46. The van der Waals surface area contributed by atoms with Crippen molar-refractivity contribution < 1.29 is 13.6 Å². The fourth-order valence-electron chi connectivity index (χ4n) is 3.35. The van der Waals surface area contributed by atoms with Gasteiger partial charge in [-0.05, 0) is 23.8 Å². The van der Waals surface area contributed by atoms with Crippen LogP contribution in [0.4, 0.5) is 5.69 Å². The zero-order valence-electron chi connectivity index (χ0n) is 15.3. The van der Waals surface area contributed by atoms with Gasteiger partial charge in [0.1, 0.15) is 0 Å². The van der Waals surface area contributed by atoms with Gasteiger partial charge in [0.05, 0.1) is 12.0 Å². The van der Waals surface area contributed by atoms with Crippen LogP contribution >= 0.6 is 11.8 Å². The largest absolute Gasteiger partial charge is 0.459 e. The van der Waals surface area contributed by atoms with Gasteiger partial charge < -0.3 is 13.7 Å². The molecule has 7 heteroatoms. The first-order chi connectivity index (χ1) is 13.0. The molecule has 3 heterocycles. The molecule has 3 aromatic rings. The molecule has 0 fully saturated rings. The third-order valence-corrected chi connectivity index (χ3v) is 5.56. The summed E-state index contributed by atoms with van der Waals surface area (Å²) in [5.41, 5.74) is 3.12. The number of benzene rings is 1. The van der Waals surface area contributed by atoms with E-state index in [1.165, 1.54) is 17.3 Å². The van der Waals surface area contributed by atoms with E-state index in [0.717, 1.165) is 11.4 Å². The van der Waals surface area contributed by atoms with Gasteiger partial charge in [0.15, 0.2) is 11.5 Å². The maximum atomic E-state index is 12.6. The lowest BCUT2D eigenvalue weighted by Gasteiger charge is -2.23. The number of fused-ring (bicyclic) bond motifs is 1. The molecule has 0 atom stereocenters. The second-order valence-electron chi connectivity index (χ2n) is 6.84. The molecule has 1 aromatic carbocycles. The van der Waals surface area contributed by atoms with E-state index in [2.05, 4.69) is 41.1 Å². The van der Waals surface area contributed by atoms with E-state index in [1.54, 1.807) is 24.5 Å². The molecule has 4 rings (SSSR count). The molecule has 138 valence electrons. The minimum absolute atomic E-state index is 0.000444. The second kappa shape index (κ2) is 6.74. The van der Waals surface area contributed by atoms with Crippen LogP contribution in [0, 0.1) is 0 Å². The number of furan rings is 1. The van der Waals surface area contributed by atoms with Crippen LogP contribution < -0.4 is 4.90 Å². The Kier molecular flexibility index (Phi) is 4.39. The van der Waals surface area contributed by atoms with Gasteiger partial charge in [0.25, 0.3) is 11.1 Å². The Labute approximate surface area is 161 Å². The number of rotatable bonds is 5. The molecule has 0 N–H and O–H groups in total. The number of hydrogen-bond donors (Lipinski definition) is 0. The number of allylic oxidation sites excluding steroid dienone is 2. The molecule has 0 unspecified atom stereocenters. The molecule has 0 saturated heterocycles. The van der Waals surface area contributed by atoms with Gasteiger partial charge in [0, 0.05) is 29.9 Å². The number of likely N-dealkylation sites (N-methyl/N-ethyl adjacent to an activating group) is 1. The first-order valence-electron chi connectivity index (χ1n) is 8.55. The van der Waals surface area contributed by atoms with E-state index >= 15 is 0 Å². The highest BCUT2D eigenvalue weighted by molar-refractivity contribution is 7.99. The number of aromatic nitrogens is 2. The van der Waals surface area contributed by atoms with Crippen molar-refractivity contribution in [1.29, 1.82) is 0 Å². The van der Waals surface area contributed by atoms with E-state index in [9.17, 15) is 4.79 Å². The molecular weight excluding hydrogens is 362 g/mol. The van der Waals surface area contributed by atoms with Gasteiger partial charge in [-0.25, -0.2) is 0 Å². The molecule has 0 amide bonds. The van der Waals surface area contributed by atoms with Gasteiger partial charge in [-0.1, -0.05) is 43.8 Å². The van der Waals surface area contributed by atoms with Crippen LogP contribution in [0.15, 0.2) is 68.5 Å². The number of ketones is 1. The van der Waals surface area contributed by atoms with Crippen LogP contribution in [0.2, 0.25) is 0 Å². The van der Waals surface area contributed by atoms with Gasteiger partial charge in [-0.15, -0.1) is 10.2 Å². The Bertz CT molecular complexity index is 1010. The van der Waals surface area contributed by atoms with Gasteiger partial charge in [-0.3, -0.25) is 4.79 Å². The average Bonchev–Trinajstić information content (AvgIpc) is 3.37. The molecule has 27 heavy (non-hydrogen) atoms. The summed E-state index contributed by atoms with van der Waals surface area (Å²) in [5.74, 6) is 1.04. The molecule has 6 nitrogen and oxygen atoms in total. The number of carbonyl (C=O) groups is 1. The molecular formula is C20H19N3O3S. The summed E-state index contributed by atoms with van der Waals surface area (Å²) in [6.45, 7) is 4.27. The minimum atomic E-state index is -0.220. The van der Waals surface area contributed by atoms with Gasteiger partial charge >= 0.3 is 0 Å². The minimum Gasteiger partial charge on any atom is -0.459 e. The Hall–Kier alpha value is -2.80. The molecule has 0 spiro atoms. The average molecular weight is 381 g/mol. The van der Waals surface area contributed by atoms with Crippen LogP contribution in [0.25, 0.3) is 11.7 Å². The lowest BCUT2D eigenvalue weighted by molar-refractivity contribution is -0.112. The Morgan fingerprint density at radius 2 is 2.04 bits per heavy atom. The summed E-state index contributed by atoms with van der Waals surface area (Å²) in [6.07, 6.45) is 3.26. The zero-order valence-corrected chi connectivity index (χ0v) is 16.1. The smallest absolute Gasteiger partial charge is 0.284 e. The summed E-state index contributed by atoms with van der Waals surface area (Å²) in [7, 11) is 1.99. The van der Waals surface area contributed by atoms with Crippen molar-refractivity contribution in [2.75, 3.05) is 17.7 Å². The van der Waals surface area contributed by atoms with Crippen LogP contribution in [0.5, 0.6) is 0 Å². The molecule has 0 bridgehead atoms. The Morgan fingerprint density at radius 1 is 1.22 bits per heavy atom. The number of carbonyl (C=O) groups excluding carboxylic acids is 1. The fraction of sp³-hybridized carbons (Fsp3) is 0.250. The van der Waals surface area contributed by atoms with Crippen molar-refractivity contribution in [2.24, 2.45) is 0 Å². The predicted octanol–water partition coefficient (Wildman–Crippen LogP) is 4.30. The molecule has 0 aliphatic carbocycles. The first kappa shape index (κ1) is 17.6. The second-order valence-corrected chi connectivity index (χ2v) is 7.76. The first-order valence-corrected chi connectivity index (χ1v) is 9.54. The van der Waals surface area contributed by atoms with Gasteiger partial charge in [-0.2, -0.15) is 0 Å². The number of nitrogens with zero attached hydrogens (tertiary/aromatic N) is 3. The van der Waals surface area contributed by atoms with Crippen molar-refractivity contribution in [3.63, 3.8) is 0 Å². The lowest BCUT2D eigenvalue weighted by Crippen LogP contribution is -2.24.